The molecular weight excluding hydrogens is 500 g/mol. The summed E-state index contributed by atoms with van der Waals surface area (Å²) in [4.78, 5) is 56.1. The number of rotatable bonds is 9. The van der Waals surface area contributed by atoms with Crippen LogP contribution in [0.5, 0.6) is 5.75 Å². The van der Waals surface area contributed by atoms with Crippen LogP contribution in [0.2, 0.25) is 0 Å². The SMILES string of the molecule is COc1ccc(NC(=O)N[C@H]2C[C@@H](C(=O)N[C@H](Cc3c[nH]c4ccccc34)C(N)=O)N(C(=O)C3CC3)C2)cc1. The van der Waals surface area contributed by atoms with Crippen LogP contribution in [0.15, 0.2) is 54.7 Å². The predicted octanol–water partition coefficient (Wildman–Crippen LogP) is 1.89. The van der Waals surface area contributed by atoms with Crippen molar-refractivity contribution in [1.29, 1.82) is 0 Å². The average Bonchev–Trinajstić information content (AvgIpc) is 3.58. The molecule has 2 aromatic carbocycles. The van der Waals surface area contributed by atoms with Crippen molar-refractivity contribution in [2.45, 2.75) is 43.8 Å². The van der Waals surface area contributed by atoms with Gasteiger partial charge < -0.3 is 36.3 Å². The van der Waals surface area contributed by atoms with Crippen LogP contribution in [0.4, 0.5) is 10.5 Å². The van der Waals surface area contributed by atoms with Crippen LogP contribution < -0.4 is 26.4 Å². The van der Waals surface area contributed by atoms with Gasteiger partial charge in [0.1, 0.15) is 17.8 Å². The number of urea groups is 1. The third-order valence-corrected chi connectivity index (χ3v) is 7.26. The van der Waals surface area contributed by atoms with Crippen molar-refractivity contribution >= 4 is 40.3 Å². The zero-order valence-electron chi connectivity index (χ0n) is 21.6. The number of hydrogen-bond donors (Lipinski definition) is 5. The molecule has 0 spiro atoms. The van der Waals surface area contributed by atoms with E-state index in [2.05, 4.69) is 20.9 Å². The lowest BCUT2D eigenvalue weighted by Crippen LogP contribution is -2.53. The van der Waals surface area contributed by atoms with Crippen LogP contribution in [-0.4, -0.2) is 65.4 Å². The zero-order valence-corrected chi connectivity index (χ0v) is 21.6. The fraction of sp³-hybridized carbons (Fsp3) is 0.357. The first kappa shape index (κ1) is 26.1. The Morgan fingerprint density at radius 2 is 1.85 bits per heavy atom. The number of ether oxygens (including phenoxy) is 1. The van der Waals surface area contributed by atoms with E-state index in [1.165, 1.54) is 4.90 Å². The summed E-state index contributed by atoms with van der Waals surface area (Å²) in [6.45, 7) is 0.202. The van der Waals surface area contributed by atoms with Crippen molar-refractivity contribution < 1.29 is 23.9 Å². The molecule has 3 aromatic rings. The highest BCUT2D eigenvalue weighted by molar-refractivity contribution is 5.94. The molecule has 2 fully saturated rings. The summed E-state index contributed by atoms with van der Waals surface area (Å²) in [5, 5.41) is 9.33. The number of anilines is 1. The first-order valence-corrected chi connectivity index (χ1v) is 13.0. The highest BCUT2D eigenvalue weighted by Crippen LogP contribution is 2.34. The molecule has 204 valence electrons. The number of carbonyl (C=O) groups is 4. The van der Waals surface area contributed by atoms with Gasteiger partial charge in [-0.2, -0.15) is 0 Å². The van der Waals surface area contributed by atoms with Crippen LogP contribution in [0.25, 0.3) is 10.9 Å². The number of benzene rings is 2. The van der Waals surface area contributed by atoms with E-state index >= 15 is 0 Å². The molecule has 11 heteroatoms. The molecule has 0 unspecified atom stereocenters. The monoisotopic (exact) mass is 532 g/mol. The Balaban J connectivity index is 1.25. The van der Waals surface area contributed by atoms with Crippen molar-refractivity contribution in [3.8, 4) is 5.75 Å². The summed E-state index contributed by atoms with van der Waals surface area (Å²) in [7, 11) is 1.56. The average molecular weight is 533 g/mol. The van der Waals surface area contributed by atoms with Gasteiger partial charge in [0.2, 0.25) is 17.7 Å². The van der Waals surface area contributed by atoms with Crippen molar-refractivity contribution in [3.05, 3.63) is 60.3 Å². The van der Waals surface area contributed by atoms with Crippen LogP contribution in [0.3, 0.4) is 0 Å². The first-order chi connectivity index (χ1) is 18.8. The largest absolute Gasteiger partial charge is 0.497 e. The molecule has 5 rings (SSSR count). The van der Waals surface area contributed by atoms with Gasteiger partial charge in [-0.3, -0.25) is 14.4 Å². The molecule has 6 N–H and O–H groups in total. The number of hydrogen-bond acceptors (Lipinski definition) is 5. The van der Waals surface area contributed by atoms with E-state index in [1.54, 1.807) is 37.6 Å². The topological polar surface area (TPSA) is 159 Å². The molecule has 1 aliphatic heterocycles. The highest BCUT2D eigenvalue weighted by Gasteiger charge is 2.45. The van der Waals surface area contributed by atoms with Crippen molar-refractivity contribution in [3.63, 3.8) is 0 Å². The third-order valence-electron chi connectivity index (χ3n) is 7.26. The normalized spacial score (nSPS) is 19.4. The Bertz CT molecular complexity index is 1380. The number of likely N-dealkylation sites (tertiary alicyclic amines) is 1. The molecule has 11 nitrogen and oxygen atoms in total. The van der Waals surface area contributed by atoms with Crippen molar-refractivity contribution in [1.82, 2.24) is 20.5 Å². The maximum absolute atomic E-state index is 13.4. The van der Waals surface area contributed by atoms with E-state index in [0.29, 0.717) is 11.4 Å². The van der Waals surface area contributed by atoms with Gasteiger partial charge in [0.25, 0.3) is 0 Å². The lowest BCUT2D eigenvalue weighted by molar-refractivity contribution is -0.140. The van der Waals surface area contributed by atoms with E-state index < -0.39 is 36.0 Å². The number of carbonyl (C=O) groups excluding carboxylic acids is 4. The smallest absolute Gasteiger partial charge is 0.319 e. The molecule has 3 atom stereocenters. The van der Waals surface area contributed by atoms with Gasteiger partial charge in [-0.15, -0.1) is 0 Å². The second kappa shape index (κ2) is 11.1. The van der Waals surface area contributed by atoms with Crippen LogP contribution >= 0.6 is 0 Å². The fourth-order valence-corrected chi connectivity index (χ4v) is 5.04. The fourth-order valence-electron chi connectivity index (χ4n) is 5.04. The van der Waals surface area contributed by atoms with Gasteiger partial charge in [0.05, 0.1) is 13.2 Å². The number of nitrogens with one attached hydrogen (secondary N) is 4. The second-order valence-electron chi connectivity index (χ2n) is 10.1. The summed E-state index contributed by atoms with van der Waals surface area (Å²) < 4.78 is 5.13. The highest BCUT2D eigenvalue weighted by atomic mass is 16.5. The molecular formula is C28H32N6O5. The van der Waals surface area contributed by atoms with E-state index in [0.717, 1.165) is 29.3 Å². The van der Waals surface area contributed by atoms with Crippen molar-refractivity contribution in [2.75, 3.05) is 19.0 Å². The Morgan fingerprint density at radius 1 is 1.10 bits per heavy atom. The van der Waals surface area contributed by atoms with Crippen LogP contribution in [-0.2, 0) is 20.8 Å². The second-order valence-corrected chi connectivity index (χ2v) is 10.1. The number of para-hydroxylation sites is 1. The molecule has 0 radical (unpaired) electrons. The maximum atomic E-state index is 13.4. The number of aromatic amines is 1. The van der Waals surface area contributed by atoms with Gasteiger partial charge >= 0.3 is 6.03 Å². The minimum absolute atomic E-state index is 0.106. The Labute approximate surface area is 225 Å². The van der Waals surface area contributed by atoms with Gasteiger partial charge in [-0.05, 0) is 55.2 Å². The number of nitrogens with zero attached hydrogens (tertiary/aromatic N) is 1. The Kier molecular flexibility index (Phi) is 7.40. The quantitative estimate of drug-likeness (QED) is 0.284. The number of fused-ring (bicyclic) bond motifs is 1. The van der Waals surface area contributed by atoms with Gasteiger partial charge in [0, 0.05) is 41.7 Å². The van der Waals surface area contributed by atoms with Gasteiger partial charge in [-0.25, -0.2) is 4.79 Å². The minimum atomic E-state index is -0.958. The third kappa shape index (κ3) is 5.97. The van der Waals surface area contributed by atoms with Gasteiger partial charge in [-0.1, -0.05) is 18.2 Å². The molecule has 5 amide bonds. The van der Waals surface area contributed by atoms with E-state index in [9.17, 15) is 19.2 Å². The standard InChI is InChI=1S/C28H32N6O5/c1-39-20-10-8-18(9-11-20)31-28(38)32-19-13-24(34(15-19)27(37)16-6-7-16)26(36)33-23(25(29)35)12-17-14-30-22-5-3-2-4-21(17)22/h2-5,8-11,14,16,19,23-24,30H,6-7,12-13,15H2,1H3,(H2,29,35)(H,33,36)(H2,31,32,38)/t19-,23+,24-/m0/s1. The number of nitrogens with two attached hydrogens (primary N) is 1. The van der Waals surface area contributed by atoms with E-state index in [-0.39, 0.29) is 31.2 Å². The molecule has 2 heterocycles. The summed E-state index contributed by atoms with van der Waals surface area (Å²) in [5.41, 5.74) is 8.01. The van der Waals surface area contributed by atoms with Crippen LogP contribution in [0, 0.1) is 5.92 Å². The number of methoxy groups -OCH3 is 1. The van der Waals surface area contributed by atoms with E-state index in [1.807, 2.05) is 24.3 Å². The molecule has 2 aliphatic rings. The Hall–Kier alpha value is -4.54. The molecule has 1 saturated carbocycles. The van der Waals surface area contributed by atoms with E-state index in [4.69, 9.17) is 10.5 Å². The lowest BCUT2D eigenvalue weighted by atomic mass is 10.0. The summed E-state index contributed by atoms with van der Waals surface area (Å²) >= 11 is 0. The summed E-state index contributed by atoms with van der Waals surface area (Å²) in [5.74, 6) is -0.681. The molecule has 1 saturated heterocycles. The number of primary amides is 1. The predicted molar refractivity (Wildman–Crippen MR) is 145 cm³/mol. The van der Waals surface area contributed by atoms with Gasteiger partial charge in [0.15, 0.2) is 0 Å². The summed E-state index contributed by atoms with van der Waals surface area (Å²) in [6.07, 6.45) is 3.79. The van der Waals surface area contributed by atoms with Crippen molar-refractivity contribution in [2.24, 2.45) is 11.7 Å². The van der Waals surface area contributed by atoms with Crippen LogP contribution in [0.1, 0.15) is 24.8 Å². The number of amides is 5. The lowest BCUT2D eigenvalue weighted by Gasteiger charge is -2.25. The molecule has 39 heavy (non-hydrogen) atoms. The molecule has 1 aromatic heterocycles. The number of aromatic nitrogens is 1. The first-order valence-electron chi connectivity index (χ1n) is 13.0. The number of H-pyrrole nitrogens is 1. The zero-order chi connectivity index (χ0) is 27.5. The summed E-state index contributed by atoms with van der Waals surface area (Å²) in [6, 6.07) is 11.9. The Morgan fingerprint density at radius 3 is 2.54 bits per heavy atom. The molecule has 1 aliphatic carbocycles. The molecule has 0 bridgehead atoms. The minimum Gasteiger partial charge on any atom is -0.497 e. The maximum Gasteiger partial charge on any atom is 0.319 e.